The lowest BCUT2D eigenvalue weighted by Crippen LogP contribution is -2.04. The lowest BCUT2D eigenvalue weighted by atomic mass is 10.4. The van der Waals surface area contributed by atoms with E-state index in [1.54, 1.807) is 0 Å². The summed E-state index contributed by atoms with van der Waals surface area (Å²) in [7, 11) is 0. The maximum Gasteiger partial charge on any atom is 0.106 e. The van der Waals surface area contributed by atoms with E-state index in [0.29, 0.717) is 0 Å². The van der Waals surface area contributed by atoms with Gasteiger partial charge in [-0.2, -0.15) is 5.48 Å². The van der Waals surface area contributed by atoms with E-state index in [1.165, 1.54) is 0 Å². The Kier molecular flexibility index (Phi) is 0.749. The smallest absolute Gasteiger partial charge is 0.106 e. The van der Waals surface area contributed by atoms with Crippen LogP contribution in [0.2, 0.25) is 0 Å². The van der Waals surface area contributed by atoms with E-state index < -0.39 is 0 Å². The van der Waals surface area contributed by atoms with Gasteiger partial charge in [-0.3, -0.25) is 4.94 Å². The fraction of sp³-hybridized carbons (Fsp3) is 0.250. The molecule has 3 heteroatoms. The third kappa shape index (κ3) is 0.559. The van der Waals surface area contributed by atoms with Crippen molar-refractivity contribution in [2.24, 2.45) is 5.16 Å². The first-order valence-electron chi connectivity index (χ1n) is 1.96. The molecule has 0 unspecified atom stereocenters. The summed E-state index contributed by atoms with van der Waals surface area (Å²) in [5, 5.41) is 3.52. The number of nitrogens with zero attached hydrogens (tertiary/aromatic N) is 1. The largest absolute Gasteiger partial charge is 0.270 e. The molecule has 7 heavy (non-hydrogen) atoms. The Morgan fingerprint density at radius 1 is 1.86 bits per heavy atom. The van der Waals surface area contributed by atoms with Crippen LogP contribution in [0.4, 0.5) is 0 Å². The fourth-order valence-corrected chi connectivity index (χ4v) is 0.275. The van der Waals surface area contributed by atoms with Crippen molar-refractivity contribution < 1.29 is 4.94 Å². The molecular weight excluding hydrogens is 92.1 g/mol. The van der Waals surface area contributed by atoms with Crippen molar-refractivity contribution >= 4 is 5.71 Å². The molecule has 1 aliphatic rings. The third-order valence-corrected chi connectivity index (χ3v) is 0.788. The molecule has 0 saturated heterocycles. The Morgan fingerprint density at radius 3 is 2.71 bits per heavy atom. The van der Waals surface area contributed by atoms with Crippen molar-refractivity contribution in [1.29, 1.82) is 0 Å². The normalized spacial score (nSPS) is 17.9. The highest BCUT2D eigenvalue weighted by Gasteiger charge is 2.03. The van der Waals surface area contributed by atoms with Gasteiger partial charge in [0.1, 0.15) is 5.71 Å². The van der Waals surface area contributed by atoms with Gasteiger partial charge in [0.2, 0.25) is 0 Å². The summed E-state index contributed by atoms with van der Waals surface area (Å²) < 4.78 is 0. The maximum absolute atomic E-state index is 4.41. The molecule has 0 amide bonds. The van der Waals surface area contributed by atoms with Gasteiger partial charge in [-0.25, -0.2) is 0 Å². The molecule has 0 aromatic rings. The third-order valence-electron chi connectivity index (χ3n) is 0.788. The minimum atomic E-state index is 0.736. The SMILES string of the molecule is C=C1NON=C1C. The van der Waals surface area contributed by atoms with Crippen molar-refractivity contribution in [1.82, 2.24) is 5.48 Å². The molecule has 0 aromatic heterocycles. The molecule has 0 bridgehead atoms. The van der Waals surface area contributed by atoms with Crippen LogP contribution in [-0.4, -0.2) is 5.71 Å². The van der Waals surface area contributed by atoms with Crippen LogP contribution in [-0.2, 0) is 4.94 Å². The zero-order valence-corrected chi connectivity index (χ0v) is 4.06. The van der Waals surface area contributed by atoms with E-state index in [0.717, 1.165) is 11.4 Å². The van der Waals surface area contributed by atoms with Gasteiger partial charge in [0, 0.05) is 0 Å². The number of hydroxylamine groups is 1. The van der Waals surface area contributed by atoms with Crippen LogP contribution in [0.5, 0.6) is 0 Å². The first-order valence-corrected chi connectivity index (χ1v) is 1.96. The predicted octanol–water partition coefficient (Wildman–Crippen LogP) is 0.411. The average molecular weight is 98.1 g/mol. The summed E-state index contributed by atoms with van der Waals surface area (Å²) >= 11 is 0. The van der Waals surface area contributed by atoms with E-state index in [9.17, 15) is 0 Å². The van der Waals surface area contributed by atoms with Gasteiger partial charge in [0.25, 0.3) is 0 Å². The second-order valence-electron chi connectivity index (χ2n) is 1.35. The molecule has 0 radical (unpaired) electrons. The summed E-state index contributed by atoms with van der Waals surface area (Å²) in [5.74, 6) is 0. The highest BCUT2D eigenvalue weighted by molar-refractivity contribution is 5.97. The van der Waals surface area contributed by atoms with Gasteiger partial charge in [-0.05, 0) is 6.92 Å². The molecule has 0 aromatic carbocycles. The van der Waals surface area contributed by atoms with E-state index in [-0.39, 0.29) is 0 Å². The number of hydrogen-bond donors (Lipinski definition) is 1. The summed E-state index contributed by atoms with van der Waals surface area (Å²) in [6, 6.07) is 0. The van der Waals surface area contributed by atoms with Gasteiger partial charge in [-0.15, -0.1) is 0 Å². The van der Waals surface area contributed by atoms with Crippen LogP contribution in [0.15, 0.2) is 17.4 Å². The van der Waals surface area contributed by atoms with Gasteiger partial charge < -0.3 is 0 Å². The van der Waals surface area contributed by atoms with Gasteiger partial charge in [0.15, 0.2) is 0 Å². The number of hydrogen-bond acceptors (Lipinski definition) is 3. The average Bonchev–Trinajstić information content (AvgIpc) is 1.91. The van der Waals surface area contributed by atoms with Crippen LogP contribution in [0, 0.1) is 0 Å². The van der Waals surface area contributed by atoms with E-state index in [1.807, 2.05) is 6.92 Å². The topological polar surface area (TPSA) is 33.6 Å². The Morgan fingerprint density at radius 2 is 2.57 bits per heavy atom. The summed E-state index contributed by atoms with van der Waals surface area (Å²) in [4.78, 5) is 4.41. The van der Waals surface area contributed by atoms with Crippen LogP contribution in [0.3, 0.4) is 0 Å². The summed E-state index contributed by atoms with van der Waals surface area (Å²) in [5.41, 5.74) is 4.01. The second kappa shape index (κ2) is 1.26. The molecular formula is C4H6N2O. The number of nitrogens with one attached hydrogen (secondary N) is 1. The molecule has 1 rings (SSSR count). The molecule has 3 nitrogen and oxygen atoms in total. The Labute approximate surface area is 41.6 Å². The quantitative estimate of drug-likeness (QED) is 0.476. The van der Waals surface area contributed by atoms with E-state index in [2.05, 4.69) is 22.2 Å². The Hall–Kier alpha value is -0.990. The zero-order valence-electron chi connectivity index (χ0n) is 4.06. The molecule has 38 valence electrons. The Bertz CT molecular complexity index is 128. The predicted molar refractivity (Wildman–Crippen MR) is 26.5 cm³/mol. The number of rotatable bonds is 0. The van der Waals surface area contributed by atoms with E-state index >= 15 is 0 Å². The fourth-order valence-electron chi connectivity index (χ4n) is 0.275. The summed E-state index contributed by atoms with van der Waals surface area (Å²) in [6.45, 7) is 5.39. The number of oxime groups is 1. The van der Waals surface area contributed by atoms with Crippen molar-refractivity contribution in [3.05, 3.63) is 12.3 Å². The molecule has 0 saturated carbocycles. The minimum absolute atomic E-state index is 0.736. The van der Waals surface area contributed by atoms with Crippen molar-refractivity contribution in [2.45, 2.75) is 6.92 Å². The second-order valence-corrected chi connectivity index (χ2v) is 1.35. The summed E-state index contributed by atoms with van der Waals surface area (Å²) in [6.07, 6.45) is 0. The van der Waals surface area contributed by atoms with Gasteiger partial charge in [0.05, 0.1) is 5.70 Å². The van der Waals surface area contributed by atoms with Crippen molar-refractivity contribution in [2.75, 3.05) is 0 Å². The highest BCUT2D eigenvalue weighted by atomic mass is 16.8. The lowest BCUT2D eigenvalue weighted by Gasteiger charge is -1.87. The standard InChI is InChI=1S/C4H6N2O/c1-3-4(2)6-7-5-3/h5H,1H2,2H3. The molecule has 0 fully saturated rings. The first kappa shape index (κ1) is 4.18. The maximum atomic E-state index is 4.41. The highest BCUT2D eigenvalue weighted by Crippen LogP contribution is 1.96. The molecule has 0 atom stereocenters. The van der Waals surface area contributed by atoms with Crippen LogP contribution in [0.25, 0.3) is 0 Å². The van der Waals surface area contributed by atoms with Gasteiger partial charge >= 0.3 is 0 Å². The van der Waals surface area contributed by atoms with Crippen LogP contribution < -0.4 is 5.48 Å². The zero-order chi connectivity index (χ0) is 5.28. The van der Waals surface area contributed by atoms with Crippen LogP contribution >= 0.6 is 0 Å². The van der Waals surface area contributed by atoms with Gasteiger partial charge in [-0.1, -0.05) is 11.7 Å². The van der Waals surface area contributed by atoms with E-state index in [4.69, 9.17) is 0 Å². The molecule has 1 aliphatic heterocycles. The molecule has 1 N–H and O–H groups in total. The van der Waals surface area contributed by atoms with Crippen molar-refractivity contribution in [3.8, 4) is 0 Å². The first-order chi connectivity index (χ1) is 3.30. The number of allylic oxidation sites excluding steroid dienone is 1. The van der Waals surface area contributed by atoms with Crippen molar-refractivity contribution in [3.63, 3.8) is 0 Å². The molecule has 0 aliphatic carbocycles. The lowest BCUT2D eigenvalue weighted by molar-refractivity contribution is 0.0907. The van der Waals surface area contributed by atoms with Crippen LogP contribution in [0.1, 0.15) is 6.92 Å². The minimum Gasteiger partial charge on any atom is -0.270 e. The monoisotopic (exact) mass is 98.0 g/mol. The Balaban J connectivity index is 2.72. The molecule has 1 heterocycles. The molecule has 0 spiro atoms.